The van der Waals surface area contributed by atoms with Gasteiger partial charge in [0.1, 0.15) is 6.33 Å². The molecule has 0 saturated heterocycles. The van der Waals surface area contributed by atoms with E-state index in [1.165, 1.54) is 17.0 Å². The average Bonchev–Trinajstić information content (AvgIpc) is 3.41. The van der Waals surface area contributed by atoms with E-state index in [1.807, 2.05) is 6.07 Å². The lowest BCUT2D eigenvalue weighted by molar-refractivity contribution is -0.138. The molecule has 168 valence electrons. The molecule has 0 spiro atoms. The number of rotatable bonds is 3. The van der Waals surface area contributed by atoms with Gasteiger partial charge < -0.3 is 9.47 Å². The molecule has 1 aliphatic heterocycles. The summed E-state index contributed by atoms with van der Waals surface area (Å²) in [5, 5.41) is 17.4. The number of benzene rings is 3. The average molecular weight is 459 g/mol. The molecule has 0 bridgehead atoms. The van der Waals surface area contributed by atoms with Crippen molar-refractivity contribution in [1.29, 1.82) is 5.26 Å². The highest BCUT2D eigenvalue weighted by Gasteiger charge is 2.39. The van der Waals surface area contributed by atoms with Gasteiger partial charge >= 0.3 is 6.18 Å². The summed E-state index contributed by atoms with van der Waals surface area (Å²) in [5.74, 6) is 0.0728. The van der Waals surface area contributed by atoms with Gasteiger partial charge in [0.05, 0.1) is 23.7 Å². The number of anilines is 1. The van der Waals surface area contributed by atoms with Crippen molar-refractivity contribution in [3.05, 3.63) is 89.2 Å². The summed E-state index contributed by atoms with van der Waals surface area (Å²) in [7, 11) is 1.78. The number of nitrogens with zero attached hydrogens (tertiary/aromatic N) is 5. The Morgan fingerprint density at radius 1 is 1.00 bits per heavy atom. The predicted octanol–water partition coefficient (Wildman–Crippen LogP) is 5.20. The van der Waals surface area contributed by atoms with E-state index in [0.29, 0.717) is 22.6 Å². The maximum atomic E-state index is 13.5. The van der Waals surface area contributed by atoms with Crippen molar-refractivity contribution in [3.8, 4) is 28.6 Å². The standard InChI is InChI=1S/C25H16F3N5O/c1-32-14-30-31-23(32)20-10-15(12-29)8-9-18(20)16-4-2-5-17(11-16)33-13-21-19(24(33)34)6-3-7-22(21)25(26,27)28/h2-11,14H,13H2,1H3. The third-order valence-corrected chi connectivity index (χ3v) is 5.84. The number of hydrogen-bond donors (Lipinski definition) is 0. The van der Waals surface area contributed by atoms with Gasteiger partial charge in [0, 0.05) is 23.9 Å². The Kier molecular flexibility index (Phi) is 4.94. The lowest BCUT2D eigenvalue weighted by Crippen LogP contribution is -2.23. The Labute approximate surface area is 192 Å². The summed E-state index contributed by atoms with van der Waals surface area (Å²) in [6.45, 7) is -0.170. The Balaban J connectivity index is 1.58. The lowest BCUT2D eigenvalue weighted by Gasteiger charge is -2.18. The molecule has 0 radical (unpaired) electrons. The molecule has 0 aliphatic carbocycles. The first kappa shape index (κ1) is 21.4. The minimum atomic E-state index is -4.54. The maximum absolute atomic E-state index is 13.5. The minimum Gasteiger partial charge on any atom is -0.317 e. The fourth-order valence-electron chi connectivity index (χ4n) is 4.23. The van der Waals surface area contributed by atoms with Gasteiger partial charge in [0.25, 0.3) is 5.91 Å². The van der Waals surface area contributed by atoms with Crippen LogP contribution in [0.3, 0.4) is 0 Å². The van der Waals surface area contributed by atoms with E-state index in [4.69, 9.17) is 0 Å². The van der Waals surface area contributed by atoms with E-state index < -0.39 is 17.6 Å². The molecule has 1 amide bonds. The molecule has 1 aliphatic rings. The molecule has 0 atom stereocenters. The minimum absolute atomic E-state index is 0.0245. The van der Waals surface area contributed by atoms with E-state index in [0.717, 1.165) is 17.2 Å². The van der Waals surface area contributed by atoms with Crippen LogP contribution in [0, 0.1) is 11.3 Å². The van der Waals surface area contributed by atoms with Crippen LogP contribution >= 0.6 is 0 Å². The van der Waals surface area contributed by atoms with Crippen molar-refractivity contribution < 1.29 is 18.0 Å². The van der Waals surface area contributed by atoms with Crippen LogP contribution in [-0.4, -0.2) is 20.7 Å². The van der Waals surface area contributed by atoms with E-state index in [9.17, 15) is 23.2 Å². The molecular weight excluding hydrogens is 443 g/mol. The summed E-state index contributed by atoms with van der Waals surface area (Å²) < 4.78 is 42.2. The van der Waals surface area contributed by atoms with Crippen LogP contribution < -0.4 is 4.90 Å². The SMILES string of the molecule is Cn1cnnc1-c1cc(C#N)ccc1-c1cccc(N2Cc3c(cccc3C(F)(F)F)C2=O)c1. The van der Waals surface area contributed by atoms with Gasteiger partial charge in [-0.1, -0.05) is 24.3 Å². The molecule has 2 heterocycles. The van der Waals surface area contributed by atoms with Crippen molar-refractivity contribution in [2.45, 2.75) is 12.7 Å². The normalized spacial score (nSPS) is 13.1. The number of carbonyl (C=O) groups excluding carboxylic acids is 1. The van der Waals surface area contributed by atoms with Gasteiger partial charge in [-0.3, -0.25) is 4.79 Å². The smallest absolute Gasteiger partial charge is 0.317 e. The second kappa shape index (κ2) is 7.85. The summed E-state index contributed by atoms with van der Waals surface area (Å²) >= 11 is 0. The summed E-state index contributed by atoms with van der Waals surface area (Å²) in [6, 6.07) is 18.0. The van der Waals surface area contributed by atoms with Crippen molar-refractivity contribution in [2.24, 2.45) is 7.05 Å². The third-order valence-electron chi connectivity index (χ3n) is 5.84. The highest BCUT2D eigenvalue weighted by Crippen LogP contribution is 2.40. The monoisotopic (exact) mass is 459 g/mol. The summed E-state index contributed by atoms with van der Waals surface area (Å²) in [4.78, 5) is 14.3. The van der Waals surface area contributed by atoms with Crippen molar-refractivity contribution in [3.63, 3.8) is 0 Å². The van der Waals surface area contributed by atoms with Gasteiger partial charge in [-0.15, -0.1) is 10.2 Å². The third kappa shape index (κ3) is 3.49. The molecule has 1 aromatic heterocycles. The van der Waals surface area contributed by atoms with Crippen molar-refractivity contribution >= 4 is 11.6 Å². The van der Waals surface area contributed by atoms with Crippen molar-refractivity contribution in [2.75, 3.05) is 4.90 Å². The molecule has 9 heteroatoms. The molecule has 0 unspecified atom stereocenters. The highest BCUT2D eigenvalue weighted by atomic mass is 19.4. The van der Waals surface area contributed by atoms with Gasteiger partial charge in [0.2, 0.25) is 0 Å². The number of nitriles is 1. The number of amides is 1. The quantitative estimate of drug-likeness (QED) is 0.422. The fourth-order valence-corrected chi connectivity index (χ4v) is 4.23. The topological polar surface area (TPSA) is 74.8 Å². The number of aryl methyl sites for hydroxylation is 1. The molecule has 0 N–H and O–H groups in total. The zero-order valence-corrected chi connectivity index (χ0v) is 17.8. The molecule has 6 nitrogen and oxygen atoms in total. The number of halogens is 3. The molecule has 5 rings (SSSR count). The predicted molar refractivity (Wildman–Crippen MR) is 119 cm³/mol. The Morgan fingerprint density at radius 2 is 1.79 bits per heavy atom. The van der Waals surface area contributed by atoms with Crippen LogP contribution in [0.25, 0.3) is 22.5 Å². The molecule has 3 aromatic carbocycles. The van der Waals surface area contributed by atoms with Gasteiger partial charge in [-0.25, -0.2) is 0 Å². The Morgan fingerprint density at radius 3 is 2.50 bits per heavy atom. The summed E-state index contributed by atoms with van der Waals surface area (Å²) in [6.07, 6.45) is -3.00. The highest BCUT2D eigenvalue weighted by molar-refractivity contribution is 6.10. The largest absolute Gasteiger partial charge is 0.416 e. The van der Waals surface area contributed by atoms with Crippen LogP contribution in [-0.2, 0) is 19.8 Å². The second-order valence-electron chi connectivity index (χ2n) is 7.91. The van der Waals surface area contributed by atoms with Crippen LogP contribution in [0.15, 0.2) is 67.0 Å². The van der Waals surface area contributed by atoms with E-state index in [-0.39, 0.29) is 17.7 Å². The fraction of sp³-hybridized carbons (Fsp3) is 0.120. The van der Waals surface area contributed by atoms with Crippen LogP contribution in [0.4, 0.5) is 18.9 Å². The molecule has 0 saturated carbocycles. The summed E-state index contributed by atoms with van der Waals surface area (Å²) in [5.41, 5.74) is 2.29. The Bertz CT molecular complexity index is 1480. The van der Waals surface area contributed by atoms with E-state index >= 15 is 0 Å². The number of carbonyl (C=O) groups is 1. The first-order valence-corrected chi connectivity index (χ1v) is 10.3. The number of alkyl halides is 3. The number of fused-ring (bicyclic) bond motifs is 1. The number of aromatic nitrogens is 3. The zero-order valence-electron chi connectivity index (χ0n) is 17.8. The second-order valence-corrected chi connectivity index (χ2v) is 7.91. The van der Waals surface area contributed by atoms with Crippen LogP contribution in [0.2, 0.25) is 0 Å². The first-order valence-electron chi connectivity index (χ1n) is 10.3. The van der Waals surface area contributed by atoms with Crippen LogP contribution in [0.1, 0.15) is 27.0 Å². The zero-order chi connectivity index (χ0) is 24.0. The molecule has 4 aromatic rings. The van der Waals surface area contributed by atoms with E-state index in [2.05, 4.69) is 16.3 Å². The van der Waals surface area contributed by atoms with Gasteiger partial charge in [0.15, 0.2) is 5.82 Å². The van der Waals surface area contributed by atoms with Gasteiger partial charge in [-0.2, -0.15) is 18.4 Å². The molecule has 0 fully saturated rings. The maximum Gasteiger partial charge on any atom is 0.416 e. The first-order chi connectivity index (χ1) is 16.3. The molecule has 34 heavy (non-hydrogen) atoms. The lowest BCUT2D eigenvalue weighted by atomic mass is 9.96. The van der Waals surface area contributed by atoms with Gasteiger partial charge in [-0.05, 0) is 53.1 Å². The van der Waals surface area contributed by atoms with Crippen molar-refractivity contribution in [1.82, 2.24) is 14.8 Å². The van der Waals surface area contributed by atoms with Crippen LogP contribution in [0.5, 0.6) is 0 Å². The van der Waals surface area contributed by atoms with E-state index in [1.54, 1.807) is 54.3 Å². The Hall–Kier alpha value is -4.45. The number of hydrogen-bond acceptors (Lipinski definition) is 4. The molecular formula is C25H16F3N5O.